The molecule has 88 valence electrons. The zero-order valence-corrected chi connectivity index (χ0v) is 12.1. The first kappa shape index (κ1) is 18.2. The van der Waals surface area contributed by atoms with Crippen LogP contribution in [0.25, 0.3) is 0 Å². The van der Waals surface area contributed by atoms with Gasteiger partial charge in [0.1, 0.15) is 16.0 Å². The minimum Gasteiger partial charge on any atom is -0.747 e. The zero-order valence-electron chi connectivity index (χ0n) is 9.33. The number of hydrogen-bond acceptors (Lipinski definition) is 5. The maximum atomic E-state index is 10.4. The minimum atomic E-state index is -4.46. The second-order valence-electron chi connectivity index (χ2n) is 2.84. The van der Waals surface area contributed by atoms with Crippen LogP contribution < -0.4 is 29.6 Å². The fourth-order valence-corrected chi connectivity index (χ4v) is 1.49. The van der Waals surface area contributed by atoms with Gasteiger partial charge in [0, 0.05) is 19.6 Å². The van der Waals surface area contributed by atoms with Crippen molar-refractivity contribution in [2.75, 3.05) is 25.5 Å². The van der Waals surface area contributed by atoms with Crippen molar-refractivity contribution >= 4 is 22.9 Å². The van der Waals surface area contributed by atoms with Crippen LogP contribution in [0, 0.1) is 0 Å². The Morgan fingerprint density at radius 3 is 1.88 bits per heavy atom. The summed E-state index contributed by atoms with van der Waals surface area (Å²) in [7, 11) is -4.46. The van der Waals surface area contributed by atoms with Crippen molar-refractivity contribution in [3.63, 3.8) is 0 Å². The summed E-state index contributed by atoms with van der Waals surface area (Å²) in [6.45, 7) is 2.43. The number of carbonyl (C=O) groups is 2. The quantitative estimate of drug-likeness (QED) is 0.248. The fraction of sp³-hybridized carbons (Fsp3) is 0.714. The smallest absolute Gasteiger partial charge is 0.747 e. The largest absolute Gasteiger partial charge is 1.00 e. The molecule has 2 amide bonds. The van der Waals surface area contributed by atoms with E-state index in [1.54, 1.807) is 6.92 Å². The second kappa shape index (κ2) is 8.94. The van der Waals surface area contributed by atoms with Crippen molar-refractivity contribution in [2.24, 2.45) is 0 Å². The molecule has 9 heteroatoms. The Kier molecular flexibility index (Phi) is 10.2. The number of rotatable bonds is 8. The monoisotopic (exact) mass is 260 g/mol. The third-order valence-corrected chi connectivity index (χ3v) is 2.35. The van der Waals surface area contributed by atoms with E-state index in [-0.39, 0.29) is 49.1 Å². The topological polar surface area (TPSA) is 97.8 Å². The summed E-state index contributed by atoms with van der Waals surface area (Å²) in [6, 6.07) is 0. The number of carbonyl (C=O) groups excluding carboxylic acids is 2. The van der Waals surface area contributed by atoms with Crippen LogP contribution in [0.15, 0.2) is 0 Å². The van der Waals surface area contributed by atoms with Gasteiger partial charge in [-0.05, 0) is 6.92 Å². The summed E-state index contributed by atoms with van der Waals surface area (Å²) >= 11 is 0. The second-order valence-corrected chi connectivity index (χ2v) is 4.21. The van der Waals surface area contributed by atoms with E-state index in [1.165, 1.54) is 4.90 Å². The van der Waals surface area contributed by atoms with E-state index in [2.05, 4.69) is 0 Å². The molecule has 0 aromatic rings. The molecule has 0 rings (SSSR count). The van der Waals surface area contributed by atoms with Crippen LogP contribution in [0.2, 0.25) is 0 Å². The standard InChI is InChI=1S/C7H14N2O5S.Na/c1-2-8(5-10)3-4-9(6-11)7-15(12,13)14;/h5-6H,2-4,7H2,1H3,(H,12,13,14);/q;+1/p-1. The van der Waals surface area contributed by atoms with Crippen LogP contribution in [-0.4, -0.2) is 61.1 Å². The Balaban J connectivity index is 0. The molecule has 0 unspecified atom stereocenters. The van der Waals surface area contributed by atoms with Crippen LogP contribution in [0.5, 0.6) is 0 Å². The predicted molar refractivity (Wildman–Crippen MR) is 50.6 cm³/mol. The van der Waals surface area contributed by atoms with Gasteiger partial charge in [0.15, 0.2) is 0 Å². The normalized spacial score (nSPS) is 10.1. The van der Waals surface area contributed by atoms with Crippen molar-refractivity contribution < 1.29 is 52.1 Å². The molecule has 0 aliphatic rings. The Morgan fingerprint density at radius 2 is 1.56 bits per heavy atom. The molecular formula is C7H13N2NaO5S. The SMILES string of the molecule is CCN(C=O)CCN(C=O)CS(=O)(=O)[O-].[Na+]. The number of nitrogens with zero attached hydrogens (tertiary/aromatic N) is 2. The number of likely N-dealkylation sites (N-methyl/N-ethyl adjacent to an activating group) is 1. The first-order valence-electron chi connectivity index (χ1n) is 4.25. The van der Waals surface area contributed by atoms with Gasteiger partial charge >= 0.3 is 29.6 Å². The van der Waals surface area contributed by atoms with Gasteiger partial charge in [0.2, 0.25) is 12.8 Å². The van der Waals surface area contributed by atoms with Crippen molar-refractivity contribution in [3.8, 4) is 0 Å². The summed E-state index contributed by atoms with van der Waals surface area (Å²) in [5, 5.41) is 0. The molecule has 0 aromatic carbocycles. The van der Waals surface area contributed by atoms with E-state index in [0.29, 0.717) is 13.0 Å². The van der Waals surface area contributed by atoms with Gasteiger partial charge in [-0.15, -0.1) is 0 Å². The predicted octanol–water partition coefficient (Wildman–Crippen LogP) is -4.57. The summed E-state index contributed by atoms with van der Waals surface area (Å²) in [5.41, 5.74) is 0. The summed E-state index contributed by atoms with van der Waals surface area (Å²) in [4.78, 5) is 22.9. The Labute approximate surface area is 117 Å². The zero-order chi connectivity index (χ0) is 11.9. The first-order valence-corrected chi connectivity index (χ1v) is 5.83. The van der Waals surface area contributed by atoms with Crippen LogP contribution in [0.3, 0.4) is 0 Å². The Morgan fingerprint density at radius 1 is 1.12 bits per heavy atom. The molecule has 0 radical (unpaired) electrons. The van der Waals surface area contributed by atoms with Crippen molar-refractivity contribution in [2.45, 2.75) is 6.92 Å². The molecule has 0 heterocycles. The first-order chi connectivity index (χ1) is 6.92. The van der Waals surface area contributed by atoms with Gasteiger partial charge < -0.3 is 14.4 Å². The molecule has 0 saturated heterocycles. The molecule has 0 N–H and O–H groups in total. The van der Waals surface area contributed by atoms with Gasteiger partial charge in [-0.25, -0.2) is 8.42 Å². The van der Waals surface area contributed by atoms with E-state index >= 15 is 0 Å². The molecule has 0 aliphatic carbocycles. The average molecular weight is 260 g/mol. The fourth-order valence-electron chi connectivity index (χ4n) is 0.893. The Hall–Kier alpha value is -0.150. The van der Waals surface area contributed by atoms with E-state index in [1.807, 2.05) is 0 Å². The van der Waals surface area contributed by atoms with E-state index in [4.69, 9.17) is 0 Å². The summed E-state index contributed by atoms with van der Waals surface area (Å²) < 4.78 is 31.0. The molecule has 0 saturated carbocycles. The molecular weight excluding hydrogens is 247 g/mol. The Bertz CT molecular complexity index is 308. The molecule has 0 aromatic heterocycles. The van der Waals surface area contributed by atoms with Crippen molar-refractivity contribution in [1.29, 1.82) is 0 Å². The van der Waals surface area contributed by atoms with Gasteiger partial charge in [0.05, 0.1) is 0 Å². The molecule has 0 bridgehead atoms. The van der Waals surface area contributed by atoms with Gasteiger partial charge in [-0.2, -0.15) is 0 Å². The van der Waals surface area contributed by atoms with Crippen LogP contribution >= 0.6 is 0 Å². The number of hydrogen-bond donors (Lipinski definition) is 0. The van der Waals surface area contributed by atoms with Gasteiger partial charge in [-0.1, -0.05) is 0 Å². The van der Waals surface area contributed by atoms with Crippen molar-refractivity contribution in [1.82, 2.24) is 9.80 Å². The van der Waals surface area contributed by atoms with Gasteiger partial charge in [-0.3, -0.25) is 9.59 Å². The molecule has 16 heavy (non-hydrogen) atoms. The summed E-state index contributed by atoms with van der Waals surface area (Å²) in [5.74, 6) is -0.868. The van der Waals surface area contributed by atoms with Gasteiger partial charge in [0.25, 0.3) is 0 Å². The third-order valence-electron chi connectivity index (χ3n) is 1.70. The maximum Gasteiger partial charge on any atom is 1.00 e. The average Bonchev–Trinajstić information content (AvgIpc) is 2.15. The van der Waals surface area contributed by atoms with Crippen LogP contribution in [0.4, 0.5) is 0 Å². The molecule has 7 nitrogen and oxygen atoms in total. The molecule has 0 fully saturated rings. The van der Waals surface area contributed by atoms with Crippen LogP contribution in [-0.2, 0) is 19.7 Å². The molecule has 0 atom stereocenters. The van der Waals surface area contributed by atoms with E-state index in [0.717, 1.165) is 4.90 Å². The van der Waals surface area contributed by atoms with E-state index < -0.39 is 16.0 Å². The van der Waals surface area contributed by atoms with Crippen molar-refractivity contribution in [3.05, 3.63) is 0 Å². The number of amides is 2. The van der Waals surface area contributed by atoms with E-state index in [9.17, 15) is 22.6 Å². The maximum absolute atomic E-state index is 10.4. The third kappa shape index (κ3) is 9.10. The summed E-state index contributed by atoms with van der Waals surface area (Å²) in [6.07, 6.45) is 0.864. The molecule has 0 aliphatic heterocycles. The molecule has 0 spiro atoms. The minimum absolute atomic E-state index is 0. The van der Waals surface area contributed by atoms with Crippen LogP contribution in [0.1, 0.15) is 6.92 Å².